The molecule has 1 aliphatic carbocycles. The van der Waals surface area contributed by atoms with E-state index in [1.807, 2.05) is 0 Å². The Morgan fingerprint density at radius 2 is 1.41 bits per heavy atom. The topological polar surface area (TPSA) is 0 Å². The van der Waals surface area contributed by atoms with Gasteiger partial charge in [-0.25, -0.2) is 0 Å². The Morgan fingerprint density at radius 1 is 0.882 bits per heavy atom. The van der Waals surface area contributed by atoms with Crippen molar-refractivity contribution in [2.24, 2.45) is 0 Å². The van der Waals surface area contributed by atoms with Crippen LogP contribution in [0.4, 0.5) is 0 Å². The number of hydrogen-bond acceptors (Lipinski definition) is 0. The summed E-state index contributed by atoms with van der Waals surface area (Å²) < 4.78 is 0. The summed E-state index contributed by atoms with van der Waals surface area (Å²) in [6, 6.07) is 5.02. The fraction of sp³-hybridized carbons (Fsp3) is 0.647. The first-order chi connectivity index (χ1) is 8.30. The molecular weight excluding hydrogens is 204 g/mol. The van der Waals surface area contributed by atoms with Crippen molar-refractivity contribution in [1.82, 2.24) is 0 Å². The summed E-state index contributed by atoms with van der Waals surface area (Å²) in [5.74, 6) is 0.858. The van der Waals surface area contributed by atoms with E-state index in [0.717, 1.165) is 5.92 Å². The lowest BCUT2D eigenvalue weighted by atomic mass is 9.88. The Balaban J connectivity index is 2.40. The molecular formula is C17H26. The maximum Gasteiger partial charge on any atom is -0.0162 e. The molecule has 0 aliphatic heterocycles. The summed E-state index contributed by atoms with van der Waals surface area (Å²) in [5, 5.41) is 0. The lowest BCUT2D eigenvalue weighted by Crippen LogP contribution is -2.02. The third-order valence-corrected chi connectivity index (χ3v) is 4.40. The molecule has 0 nitrogen and oxygen atoms in total. The van der Waals surface area contributed by atoms with Crippen molar-refractivity contribution >= 4 is 0 Å². The molecule has 1 aliphatic rings. The fourth-order valence-electron chi connectivity index (χ4n) is 3.40. The van der Waals surface area contributed by atoms with Gasteiger partial charge >= 0.3 is 0 Å². The Labute approximate surface area is 106 Å². The van der Waals surface area contributed by atoms with Crippen molar-refractivity contribution in [2.45, 2.75) is 71.6 Å². The largest absolute Gasteiger partial charge is 0.0613 e. The maximum absolute atomic E-state index is 2.51. The molecule has 1 aromatic carbocycles. The summed E-state index contributed by atoms with van der Waals surface area (Å²) in [6.45, 7) is 6.89. The monoisotopic (exact) mass is 230 g/mol. The molecule has 1 saturated carbocycles. The van der Waals surface area contributed by atoms with Crippen LogP contribution in [-0.2, 0) is 19.3 Å². The van der Waals surface area contributed by atoms with E-state index < -0.39 is 0 Å². The van der Waals surface area contributed by atoms with Crippen LogP contribution in [0.25, 0.3) is 0 Å². The molecule has 94 valence electrons. The second kappa shape index (κ2) is 5.71. The minimum Gasteiger partial charge on any atom is -0.0613 e. The number of rotatable bonds is 4. The minimum absolute atomic E-state index is 0.858. The summed E-state index contributed by atoms with van der Waals surface area (Å²) >= 11 is 0. The van der Waals surface area contributed by atoms with Crippen molar-refractivity contribution in [1.29, 1.82) is 0 Å². The molecule has 0 unspecified atom stereocenters. The molecule has 1 aromatic rings. The molecule has 0 aromatic heterocycles. The molecule has 0 atom stereocenters. The summed E-state index contributed by atoms with van der Waals surface area (Å²) in [5.41, 5.74) is 6.47. The van der Waals surface area contributed by atoms with Crippen LogP contribution in [0.2, 0.25) is 0 Å². The van der Waals surface area contributed by atoms with E-state index >= 15 is 0 Å². The number of benzene rings is 1. The van der Waals surface area contributed by atoms with Gasteiger partial charge in [0.1, 0.15) is 0 Å². The summed E-state index contributed by atoms with van der Waals surface area (Å²) in [7, 11) is 0. The minimum atomic E-state index is 0.858. The molecule has 2 rings (SSSR count). The van der Waals surface area contributed by atoms with E-state index in [9.17, 15) is 0 Å². The highest BCUT2D eigenvalue weighted by Crippen LogP contribution is 2.36. The van der Waals surface area contributed by atoms with Crippen molar-refractivity contribution in [3.63, 3.8) is 0 Å². The maximum atomic E-state index is 2.51. The molecule has 1 fully saturated rings. The predicted octanol–water partition coefficient (Wildman–Crippen LogP) is 5.03. The van der Waals surface area contributed by atoms with E-state index in [4.69, 9.17) is 0 Å². The number of aryl methyl sites for hydroxylation is 2. The van der Waals surface area contributed by atoms with E-state index in [-0.39, 0.29) is 0 Å². The first-order valence-corrected chi connectivity index (χ1v) is 7.44. The van der Waals surface area contributed by atoms with Crippen molar-refractivity contribution < 1.29 is 0 Å². The first-order valence-electron chi connectivity index (χ1n) is 7.44. The second-order valence-corrected chi connectivity index (χ2v) is 5.36. The first kappa shape index (κ1) is 12.7. The molecule has 0 radical (unpaired) electrons. The zero-order valence-corrected chi connectivity index (χ0v) is 11.7. The standard InChI is InChI=1S/C17H26/c1-4-13-11-16(15-9-7-8-10-15)12-14(5-2)17(13)6-3/h11-12,15H,4-10H2,1-3H3. The predicted molar refractivity (Wildman–Crippen MR) is 75.8 cm³/mol. The van der Waals surface area contributed by atoms with Gasteiger partial charge in [-0.2, -0.15) is 0 Å². The van der Waals surface area contributed by atoms with Gasteiger partial charge in [0, 0.05) is 0 Å². The normalized spacial score (nSPS) is 16.6. The molecule has 0 amide bonds. The third-order valence-electron chi connectivity index (χ3n) is 4.40. The van der Waals surface area contributed by atoms with Crippen molar-refractivity contribution in [3.05, 3.63) is 34.4 Å². The van der Waals surface area contributed by atoms with E-state index in [0.29, 0.717) is 0 Å². The second-order valence-electron chi connectivity index (χ2n) is 5.36. The summed E-state index contributed by atoms with van der Waals surface area (Å²) in [4.78, 5) is 0. The van der Waals surface area contributed by atoms with Gasteiger partial charge in [0.15, 0.2) is 0 Å². The molecule has 0 spiro atoms. The zero-order valence-electron chi connectivity index (χ0n) is 11.7. The quantitative estimate of drug-likeness (QED) is 0.680. The Kier molecular flexibility index (Phi) is 4.25. The molecule has 0 heterocycles. The third kappa shape index (κ3) is 2.56. The Bertz CT molecular complexity index is 345. The van der Waals surface area contributed by atoms with E-state index in [2.05, 4.69) is 32.9 Å². The van der Waals surface area contributed by atoms with Gasteiger partial charge in [-0.1, -0.05) is 45.7 Å². The van der Waals surface area contributed by atoms with Gasteiger partial charge in [-0.05, 0) is 60.3 Å². The van der Waals surface area contributed by atoms with E-state index in [1.165, 1.54) is 44.9 Å². The SMILES string of the molecule is CCc1cc(C2CCCC2)cc(CC)c1CC. The highest BCUT2D eigenvalue weighted by molar-refractivity contribution is 5.41. The van der Waals surface area contributed by atoms with Crippen LogP contribution in [0, 0.1) is 0 Å². The van der Waals surface area contributed by atoms with Crippen LogP contribution in [0.5, 0.6) is 0 Å². The lowest BCUT2D eigenvalue weighted by Gasteiger charge is -2.18. The van der Waals surface area contributed by atoms with Crippen molar-refractivity contribution in [2.75, 3.05) is 0 Å². The summed E-state index contributed by atoms with van der Waals surface area (Å²) in [6.07, 6.45) is 9.27. The molecule has 0 N–H and O–H groups in total. The van der Waals surface area contributed by atoms with E-state index in [1.54, 1.807) is 22.3 Å². The smallest absolute Gasteiger partial charge is 0.0162 e. The van der Waals surface area contributed by atoms with Crippen LogP contribution >= 0.6 is 0 Å². The van der Waals surface area contributed by atoms with Gasteiger partial charge in [-0.3, -0.25) is 0 Å². The number of hydrogen-bond donors (Lipinski definition) is 0. The van der Waals surface area contributed by atoms with Gasteiger partial charge in [0.25, 0.3) is 0 Å². The Hall–Kier alpha value is -0.780. The van der Waals surface area contributed by atoms with Gasteiger partial charge in [-0.15, -0.1) is 0 Å². The van der Waals surface area contributed by atoms with Crippen LogP contribution in [0.3, 0.4) is 0 Å². The van der Waals surface area contributed by atoms with Crippen LogP contribution in [-0.4, -0.2) is 0 Å². The average Bonchev–Trinajstić information content (AvgIpc) is 2.90. The van der Waals surface area contributed by atoms with Crippen LogP contribution in [0.1, 0.15) is 74.6 Å². The molecule has 17 heavy (non-hydrogen) atoms. The molecule has 0 heteroatoms. The van der Waals surface area contributed by atoms with Crippen LogP contribution < -0.4 is 0 Å². The van der Waals surface area contributed by atoms with Gasteiger partial charge < -0.3 is 0 Å². The highest BCUT2D eigenvalue weighted by Gasteiger charge is 2.19. The Morgan fingerprint density at radius 3 is 1.82 bits per heavy atom. The highest BCUT2D eigenvalue weighted by atomic mass is 14.2. The van der Waals surface area contributed by atoms with Crippen LogP contribution in [0.15, 0.2) is 12.1 Å². The molecule has 0 saturated heterocycles. The fourth-order valence-corrected chi connectivity index (χ4v) is 3.40. The van der Waals surface area contributed by atoms with Gasteiger partial charge in [0.05, 0.1) is 0 Å². The average molecular weight is 230 g/mol. The van der Waals surface area contributed by atoms with Gasteiger partial charge in [0.2, 0.25) is 0 Å². The molecule has 0 bridgehead atoms. The van der Waals surface area contributed by atoms with Crippen molar-refractivity contribution in [3.8, 4) is 0 Å². The lowest BCUT2D eigenvalue weighted by molar-refractivity contribution is 0.718. The zero-order chi connectivity index (χ0) is 12.3.